The van der Waals surface area contributed by atoms with Crippen molar-refractivity contribution in [3.05, 3.63) is 144 Å². The summed E-state index contributed by atoms with van der Waals surface area (Å²) in [5.41, 5.74) is 10.8. The van der Waals surface area contributed by atoms with Crippen LogP contribution in [0.3, 0.4) is 0 Å². The molecule has 0 amide bonds. The van der Waals surface area contributed by atoms with Crippen LogP contribution in [0.15, 0.2) is 121 Å². The average molecular weight is 481 g/mol. The number of hydrogen-bond donors (Lipinski definition) is 0. The molecule has 0 N–H and O–H groups in total. The normalized spacial score (nSPS) is 13.9. The molecule has 0 saturated carbocycles. The van der Waals surface area contributed by atoms with Crippen molar-refractivity contribution < 1.29 is 0 Å². The first-order valence-corrected chi connectivity index (χ1v) is 13.6. The minimum absolute atomic E-state index is 0.259. The number of thiophene rings is 2. The number of benzene rings is 4. The van der Waals surface area contributed by atoms with Crippen molar-refractivity contribution in [3.8, 4) is 41.8 Å². The molecule has 6 aromatic rings. The van der Waals surface area contributed by atoms with E-state index in [-0.39, 0.29) is 5.41 Å². The quantitative estimate of drug-likeness (QED) is 0.231. The van der Waals surface area contributed by atoms with Gasteiger partial charge in [-0.25, -0.2) is 0 Å². The fourth-order valence-electron chi connectivity index (χ4n) is 6.13. The van der Waals surface area contributed by atoms with Gasteiger partial charge in [-0.2, -0.15) is 0 Å². The van der Waals surface area contributed by atoms with Crippen LogP contribution in [0.4, 0.5) is 0 Å². The highest BCUT2D eigenvalue weighted by Crippen LogP contribution is 2.67. The van der Waals surface area contributed by atoms with Gasteiger partial charge in [0.1, 0.15) is 0 Å². The van der Waals surface area contributed by atoms with Gasteiger partial charge in [0.15, 0.2) is 0 Å². The molecule has 0 saturated heterocycles. The van der Waals surface area contributed by atoms with Gasteiger partial charge in [-0.1, -0.05) is 109 Å². The second-order valence-electron chi connectivity index (χ2n) is 9.28. The van der Waals surface area contributed by atoms with E-state index in [1.165, 1.54) is 64.0 Å². The highest BCUT2D eigenvalue weighted by Gasteiger charge is 2.53. The lowest BCUT2D eigenvalue weighted by molar-refractivity contribution is 0.798. The van der Waals surface area contributed by atoms with E-state index in [2.05, 4.69) is 121 Å². The summed E-state index contributed by atoms with van der Waals surface area (Å²) in [6, 6.07) is 44.7. The molecule has 0 fully saturated rings. The Morgan fingerprint density at radius 1 is 0.400 bits per heavy atom. The summed E-state index contributed by atoms with van der Waals surface area (Å²) >= 11 is 3.89. The molecule has 0 nitrogen and oxygen atoms in total. The summed E-state index contributed by atoms with van der Waals surface area (Å²) < 4.78 is 0. The molecule has 1 spiro atoms. The van der Waals surface area contributed by atoms with Crippen LogP contribution < -0.4 is 0 Å². The fourth-order valence-corrected chi connectivity index (χ4v) is 8.73. The second-order valence-corrected chi connectivity index (χ2v) is 11.4. The Labute approximate surface area is 212 Å². The molecule has 0 unspecified atom stereocenters. The van der Waals surface area contributed by atoms with Crippen LogP contribution >= 0.6 is 22.7 Å². The maximum Gasteiger partial charge on any atom is 0.0742 e. The molecule has 2 heterocycles. The summed E-state index contributed by atoms with van der Waals surface area (Å²) in [5.74, 6) is 0. The monoisotopic (exact) mass is 480 g/mol. The molecule has 2 aliphatic rings. The molecule has 4 aromatic carbocycles. The van der Waals surface area contributed by atoms with Gasteiger partial charge < -0.3 is 0 Å². The van der Waals surface area contributed by atoms with Crippen molar-refractivity contribution in [3.63, 3.8) is 0 Å². The van der Waals surface area contributed by atoms with Crippen molar-refractivity contribution in [1.29, 1.82) is 0 Å². The van der Waals surface area contributed by atoms with Crippen molar-refractivity contribution in [2.75, 3.05) is 0 Å². The Morgan fingerprint density at radius 2 is 0.800 bits per heavy atom. The third-order valence-electron chi connectivity index (χ3n) is 7.55. The molecular formula is C33H20S2. The van der Waals surface area contributed by atoms with Crippen LogP contribution in [0, 0.1) is 0 Å². The smallest absolute Gasteiger partial charge is 0.0742 e. The minimum atomic E-state index is -0.259. The summed E-state index contributed by atoms with van der Waals surface area (Å²) in [5, 5.41) is 0. The van der Waals surface area contributed by atoms with E-state index in [9.17, 15) is 0 Å². The molecule has 164 valence electrons. The summed E-state index contributed by atoms with van der Waals surface area (Å²) in [6.07, 6.45) is 0. The zero-order valence-electron chi connectivity index (χ0n) is 18.9. The van der Waals surface area contributed by atoms with E-state index in [1.54, 1.807) is 0 Å². The topological polar surface area (TPSA) is 0 Å². The van der Waals surface area contributed by atoms with Crippen molar-refractivity contribution >= 4 is 22.7 Å². The Kier molecular flexibility index (Phi) is 4.00. The predicted molar refractivity (Wildman–Crippen MR) is 149 cm³/mol. The SMILES string of the molecule is c1ccc(-c2cc3c(s2)-c2sc(-c4ccccc4)cc2C32c3ccccc3-c3ccccc32)cc1. The fraction of sp³-hybridized carbons (Fsp3) is 0.0303. The first-order chi connectivity index (χ1) is 17.4. The third kappa shape index (κ3) is 2.51. The molecule has 0 bridgehead atoms. The first-order valence-electron chi connectivity index (χ1n) is 11.9. The molecule has 2 aliphatic carbocycles. The number of fused-ring (bicyclic) bond motifs is 10. The third-order valence-corrected chi connectivity index (χ3v) is 10.1. The molecule has 8 rings (SSSR count). The summed E-state index contributed by atoms with van der Waals surface area (Å²) in [7, 11) is 0. The molecule has 0 aliphatic heterocycles. The van der Waals surface area contributed by atoms with Gasteiger partial charge in [0, 0.05) is 9.75 Å². The largest absolute Gasteiger partial charge is 0.134 e. The van der Waals surface area contributed by atoms with Gasteiger partial charge in [-0.05, 0) is 56.6 Å². The molecule has 0 atom stereocenters. The number of hydrogen-bond acceptors (Lipinski definition) is 2. The van der Waals surface area contributed by atoms with Crippen LogP contribution in [-0.4, -0.2) is 0 Å². The lowest BCUT2D eigenvalue weighted by atomic mass is 9.71. The first kappa shape index (κ1) is 19.6. The standard InChI is InChI=1S/C33H20S2/c1-3-11-21(12-4-1)29-19-27-31(34-29)32-28(20-30(35-32)22-13-5-2-6-14-22)33(27)25-17-9-7-15-23(25)24-16-8-10-18-26(24)33/h1-20H. The highest BCUT2D eigenvalue weighted by atomic mass is 32.1. The van der Waals surface area contributed by atoms with Crippen molar-refractivity contribution in [2.24, 2.45) is 0 Å². The Hall–Kier alpha value is -3.72. The van der Waals surface area contributed by atoms with E-state index < -0.39 is 0 Å². The van der Waals surface area contributed by atoms with Crippen LogP contribution in [-0.2, 0) is 5.41 Å². The zero-order valence-corrected chi connectivity index (χ0v) is 20.5. The minimum Gasteiger partial charge on any atom is -0.134 e. The Morgan fingerprint density at radius 3 is 1.26 bits per heavy atom. The van der Waals surface area contributed by atoms with Gasteiger partial charge in [0.05, 0.1) is 15.2 Å². The molecule has 2 aromatic heterocycles. The second kappa shape index (κ2) is 7.14. The highest BCUT2D eigenvalue weighted by molar-refractivity contribution is 7.25. The van der Waals surface area contributed by atoms with Crippen molar-refractivity contribution in [2.45, 2.75) is 5.41 Å². The Bertz CT molecular complexity index is 1600. The Balaban J connectivity index is 1.49. The van der Waals surface area contributed by atoms with Crippen LogP contribution in [0.5, 0.6) is 0 Å². The molecule has 35 heavy (non-hydrogen) atoms. The van der Waals surface area contributed by atoms with E-state index in [0.717, 1.165) is 0 Å². The summed E-state index contributed by atoms with van der Waals surface area (Å²) in [6.45, 7) is 0. The van der Waals surface area contributed by atoms with E-state index >= 15 is 0 Å². The van der Waals surface area contributed by atoms with Gasteiger partial charge in [0.25, 0.3) is 0 Å². The maximum atomic E-state index is 2.48. The summed E-state index contributed by atoms with van der Waals surface area (Å²) in [4.78, 5) is 5.55. The lowest BCUT2D eigenvalue weighted by Crippen LogP contribution is -2.25. The van der Waals surface area contributed by atoms with Gasteiger partial charge >= 0.3 is 0 Å². The maximum absolute atomic E-state index is 2.48. The molecule has 0 radical (unpaired) electrons. The number of rotatable bonds is 2. The van der Waals surface area contributed by atoms with Crippen molar-refractivity contribution in [1.82, 2.24) is 0 Å². The van der Waals surface area contributed by atoms with Crippen LogP contribution in [0.25, 0.3) is 41.8 Å². The van der Waals surface area contributed by atoms with Crippen LogP contribution in [0.1, 0.15) is 22.3 Å². The van der Waals surface area contributed by atoms with Crippen LogP contribution in [0.2, 0.25) is 0 Å². The van der Waals surface area contributed by atoms with Gasteiger partial charge in [-0.3, -0.25) is 0 Å². The van der Waals surface area contributed by atoms with E-state index in [0.29, 0.717) is 0 Å². The zero-order chi connectivity index (χ0) is 23.0. The van der Waals surface area contributed by atoms with E-state index in [4.69, 9.17) is 0 Å². The molecular weight excluding hydrogens is 460 g/mol. The van der Waals surface area contributed by atoms with E-state index in [1.807, 2.05) is 22.7 Å². The average Bonchev–Trinajstić information content (AvgIpc) is 3.66. The lowest BCUT2D eigenvalue weighted by Gasteiger charge is -2.29. The van der Waals surface area contributed by atoms with Gasteiger partial charge in [0.2, 0.25) is 0 Å². The predicted octanol–water partition coefficient (Wildman–Crippen LogP) is 9.49. The molecule has 2 heteroatoms. The van der Waals surface area contributed by atoms with Gasteiger partial charge in [-0.15, -0.1) is 22.7 Å².